The molecule has 0 unspecified atom stereocenters. The second-order valence-corrected chi connectivity index (χ2v) is 6.08. The van der Waals surface area contributed by atoms with Crippen LogP contribution in [0.4, 0.5) is 5.82 Å². The largest absolute Gasteiger partial charge is 0.475 e. The van der Waals surface area contributed by atoms with E-state index in [1.165, 1.54) is 0 Å². The number of anilines is 1. The predicted molar refractivity (Wildman–Crippen MR) is 91.7 cm³/mol. The summed E-state index contributed by atoms with van der Waals surface area (Å²) in [6.07, 6.45) is 2.00. The van der Waals surface area contributed by atoms with Crippen LogP contribution in [0.15, 0.2) is 42.6 Å². The van der Waals surface area contributed by atoms with Crippen molar-refractivity contribution >= 4 is 5.82 Å². The molecular weight excluding hydrogens is 288 g/mol. The molecule has 0 saturated carbocycles. The van der Waals surface area contributed by atoms with Crippen LogP contribution in [0.3, 0.4) is 0 Å². The lowest BCUT2D eigenvalue weighted by Crippen LogP contribution is -2.46. The quantitative estimate of drug-likeness (QED) is 0.849. The Hall–Kier alpha value is -2.14. The van der Waals surface area contributed by atoms with Gasteiger partial charge in [-0.05, 0) is 32.0 Å². The van der Waals surface area contributed by atoms with Crippen LogP contribution < -0.4 is 9.64 Å². The first-order valence-corrected chi connectivity index (χ1v) is 8.21. The van der Waals surface area contributed by atoms with Crippen molar-refractivity contribution in [3.63, 3.8) is 0 Å². The Morgan fingerprint density at radius 2 is 1.87 bits per heavy atom. The van der Waals surface area contributed by atoms with Gasteiger partial charge in [-0.2, -0.15) is 4.98 Å². The molecule has 0 atom stereocenters. The molecule has 0 aromatic carbocycles. The molecule has 2 aromatic heterocycles. The SMILES string of the molecule is CC(C)Oc1cccc(N2CCN(Cc3ccccn3)CC2)n1. The van der Waals surface area contributed by atoms with Gasteiger partial charge in [0.05, 0.1) is 11.8 Å². The van der Waals surface area contributed by atoms with E-state index in [1.54, 1.807) is 0 Å². The van der Waals surface area contributed by atoms with Crippen molar-refractivity contribution < 1.29 is 4.74 Å². The standard InChI is InChI=1S/C18H24N4O/c1-15(2)23-18-8-5-7-17(20-18)22-12-10-21(11-13-22)14-16-6-3-4-9-19-16/h3-9,15H,10-14H2,1-2H3. The third-order valence-electron chi connectivity index (χ3n) is 3.87. The maximum Gasteiger partial charge on any atom is 0.215 e. The van der Waals surface area contributed by atoms with Crippen molar-refractivity contribution in [3.8, 4) is 5.88 Å². The summed E-state index contributed by atoms with van der Waals surface area (Å²) in [7, 11) is 0. The molecule has 23 heavy (non-hydrogen) atoms. The maximum atomic E-state index is 5.69. The zero-order chi connectivity index (χ0) is 16.1. The van der Waals surface area contributed by atoms with Crippen LogP contribution in [-0.4, -0.2) is 47.2 Å². The smallest absolute Gasteiger partial charge is 0.215 e. The third-order valence-corrected chi connectivity index (χ3v) is 3.87. The molecule has 0 amide bonds. The van der Waals surface area contributed by atoms with E-state index >= 15 is 0 Å². The minimum Gasteiger partial charge on any atom is -0.475 e. The number of hydrogen-bond acceptors (Lipinski definition) is 5. The lowest BCUT2D eigenvalue weighted by Gasteiger charge is -2.35. The maximum absolute atomic E-state index is 5.69. The summed E-state index contributed by atoms with van der Waals surface area (Å²) >= 11 is 0. The van der Waals surface area contributed by atoms with Gasteiger partial charge in [0.15, 0.2) is 0 Å². The second-order valence-electron chi connectivity index (χ2n) is 6.08. The highest BCUT2D eigenvalue weighted by atomic mass is 16.5. The summed E-state index contributed by atoms with van der Waals surface area (Å²) in [6, 6.07) is 12.1. The van der Waals surface area contributed by atoms with Crippen molar-refractivity contribution in [2.24, 2.45) is 0 Å². The van der Waals surface area contributed by atoms with E-state index < -0.39 is 0 Å². The van der Waals surface area contributed by atoms with Gasteiger partial charge in [-0.3, -0.25) is 9.88 Å². The van der Waals surface area contributed by atoms with Gasteiger partial charge in [0.25, 0.3) is 0 Å². The summed E-state index contributed by atoms with van der Waals surface area (Å²) in [6.45, 7) is 8.95. The number of hydrogen-bond donors (Lipinski definition) is 0. The van der Waals surface area contributed by atoms with Crippen molar-refractivity contribution in [2.75, 3.05) is 31.1 Å². The second kappa shape index (κ2) is 7.42. The summed E-state index contributed by atoms with van der Waals surface area (Å²) in [5.41, 5.74) is 1.13. The topological polar surface area (TPSA) is 41.5 Å². The minimum absolute atomic E-state index is 0.146. The van der Waals surface area contributed by atoms with Crippen LogP contribution in [0.2, 0.25) is 0 Å². The van der Waals surface area contributed by atoms with Gasteiger partial charge < -0.3 is 9.64 Å². The Labute approximate surface area is 137 Å². The van der Waals surface area contributed by atoms with Gasteiger partial charge in [0.2, 0.25) is 5.88 Å². The van der Waals surface area contributed by atoms with Crippen LogP contribution in [0, 0.1) is 0 Å². The number of piperazine rings is 1. The zero-order valence-corrected chi connectivity index (χ0v) is 13.9. The van der Waals surface area contributed by atoms with E-state index in [0.29, 0.717) is 5.88 Å². The average Bonchev–Trinajstić information content (AvgIpc) is 2.56. The highest BCUT2D eigenvalue weighted by Crippen LogP contribution is 2.19. The fraction of sp³-hybridized carbons (Fsp3) is 0.444. The van der Waals surface area contributed by atoms with E-state index in [1.807, 2.05) is 44.3 Å². The van der Waals surface area contributed by atoms with Crippen LogP contribution in [0.1, 0.15) is 19.5 Å². The third kappa shape index (κ3) is 4.42. The predicted octanol–water partition coefficient (Wildman–Crippen LogP) is 2.59. The van der Waals surface area contributed by atoms with Crippen LogP contribution >= 0.6 is 0 Å². The molecule has 3 rings (SSSR count). The van der Waals surface area contributed by atoms with E-state index in [-0.39, 0.29) is 6.10 Å². The highest BCUT2D eigenvalue weighted by molar-refractivity contribution is 5.41. The minimum atomic E-state index is 0.146. The molecule has 1 aliphatic rings. The van der Waals surface area contributed by atoms with Gasteiger partial charge >= 0.3 is 0 Å². The molecule has 0 N–H and O–H groups in total. The molecule has 1 aliphatic heterocycles. The molecule has 1 fully saturated rings. The fourth-order valence-electron chi connectivity index (χ4n) is 2.74. The van der Waals surface area contributed by atoms with Gasteiger partial charge in [-0.1, -0.05) is 12.1 Å². The van der Waals surface area contributed by atoms with Crippen molar-refractivity contribution in [1.29, 1.82) is 0 Å². The normalized spacial score (nSPS) is 15.9. The molecule has 122 valence electrons. The average molecular weight is 312 g/mol. The van der Waals surface area contributed by atoms with E-state index in [0.717, 1.165) is 44.2 Å². The van der Waals surface area contributed by atoms with Crippen molar-refractivity contribution in [2.45, 2.75) is 26.5 Å². The highest BCUT2D eigenvalue weighted by Gasteiger charge is 2.18. The van der Waals surface area contributed by atoms with E-state index in [2.05, 4.69) is 31.9 Å². The van der Waals surface area contributed by atoms with Crippen LogP contribution in [0.5, 0.6) is 5.88 Å². The molecule has 5 heteroatoms. The monoisotopic (exact) mass is 312 g/mol. The molecule has 1 saturated heterocycles. The zero-order valence-electron chi connectivity index (χ0n) is 13.9. The van der Waals surface area contributed by atoms with E-state index in [9.17, 15) is 0 Å². The Kier molecular flexibility index (Phi) is 5.08. The molecule has 3 heterocycles. The molecule has 2 aromatic rings. The Morgan fingerprint density at radius 1 is 1.04 bits per heavy atom. The fourth-order valence-corrected chi connectivity index (χ4v) is 2.74. The first-order valence-electron chi connectivity index (χ1n) is 8.21. The van der Waals surface area contributed by atoms with Crippen LogP contribution in [-0.2, 0) is 6.54 Å². The number of pyridine rings is 2. The Morgan fingerprint density at radius 3 is 2.57 bits per heavy atom. The molecule has 0 radical (unpaired) electrons. The molecule has 5 nitrogen and oxygen atoms in total. The lowest BCUT2D eigenvalue weighted by molar-refractivity contribution is 0.231. The summed E-state index contributed by atoms with van der Waals surface area (Å²) in [4.78, 5) is 13.8. The molecular formula is C18H24N4O. The number of aromatic nitrogens is 2. The van der Waals surface area contributed by atoms with Gasteiger partial charge in [0, 0.05) is 45.0 Å². The molecule has 0 bridgehead atoms. The van der Waals surface area contributed by atoms with Crippen molar-refractivity contribution in [3.05, 3.63) is 48.3 Å². The van der Waals surface area contributed by atoms with Gasteiger partial charge in [-0.25, -0.2) is 0 Å². The van der Waals surface area contributed by atoms with E-state index in [4.69, 9.17) is 4.74 Å². The van der Waals surface area contributed by atoms with Crippen molar-refractivity contribution in [1.82, 2.24) is 14.9 Å². The Balaban J connectivity index is 1.56. The van der Waals surface area contributed by atoms with Crippen LogP contribution in [0.25, 0.3) is 0 Å². The Bertz CT molecular complexity index is 609. The lowest BCUT2D eigenvalue weighted by atomic mass is 10.2. The first-order chi connectivity index (χ1) is 11.2. The summed E-state index contributed by atoms with van der Waals surface area (Å²) in [5, 5.41) is 0. The number of ether oxygens (including phenoxy) is 1. The summed E-state index contributed by atoms with van der Waals surface area (Å²) < 4.78 is 5.69. The molecule has 0 spiro atoms. The van der Waals surface area contributed by atoms with Gasteiger partial charge in [0.1, 0.15) is 5.82 Å². The number of rotatable bonds is 5. The first kappa shape index (κ1) is 15.7. The summed E-state index contributed by atoms with van der Waals surface area (Å²) in [5.74, 6) is 1.70. The number of nitrogens with zero attached hydrogens (tertiary/aromatic N) is 4. The van der Waals surface area contributed by atoms with Gasteiger partial charge in [-0.15, -0.1) is 0 Å². The molecule has 0 aliphatic carbocycles.